The number of nitrogens with zero attached hydrogens (tertiary/aromatic N) is 2. The molecule has 1 atom stereocenters. The molecule has 0 aliphatic heterocycles. The second-order valence-corrected chi connectivity index (χ2v) is 3.91. The zero-order valence-electron chi connectivity index (χ0n) is 7.91. The molecule has 1 unspecified atom stereocenters. The number of aryl methyl sites for hydroxylation is 1. The van der Waals surface area contributed by atoms with Crippen LogP contribution in [0.15, 0.2) is 12.4 Å². The van der Waals surface area contributed by atoms with Gasteiger partial charge >= 0.3 is 29.6 Å². The molecule has 0 aliphatic rings. The molecule has 6 nitrogen and oxygen atoms in total. The number of aliphatic hydroxyl groups excluding tert-OH is 1. The van der Waals surface area contributed by atoms with Gasteiger partial charge in [-0.3, -0.25) is 4.68 Å². The van der Waals surface area contributed by atoms with Crippen LogP contribution in [0, 0.1) is 0 Å². The first-order chi connectivity index (χ1) is 5.95. The maximum atomic E-state index is 10.4. The van der Waals surface area contributed by atoms with Crippen LogP contribution in [0.3, 0.4) is 0 Å². The van der Waals surface area contributed by atoms with Gasteiger partial charge in [-0.1, -0.05) is 0 Å². The molecule has 0 bridgehead atoms. The Kier molecular flexibility index (Phi) is 5.27. The molecule has 74 valence electrons. The van der Waals surface area contributed by atoms with Crippen LogP contribution in [-0.4, -0.2) is 27.9 Å². The van der Waals surface area contributed by atoms with E-state index in [4.69, 9.17) is 5.11 Å². The third-order valence-corrected chi connectivity index (χ3v) is 2.35. The van der Waals surface area contributed by atoms with Crippen molar-refractivity contribution < 1.29 is 47.6 Å². The summed E-state index contributed by atoms with van der Waals surface area (Å²) in [7, 11) is -4.70. The van der Waals surface area contributed by atoms with E-state index >= 15 is 0 Å². The Morgan fingerprint density at radius 1 is 1.71 bits per heavy atom. The zero-order valence-corrected chi connectivity index (χ0v) is 10.7. The molecule has 0 saturated carbocycles. The van der Waals surface area contributed by atoms with E-state index in [9.17, 15) is 13.0 Å². The van der Waals surface area contributed by atoms with E-state index in [1.165, 1.54) is 10.9 Å². The molecular formula is C6H9N2NaO4S. The molecule has 1 heterocycles. The van der Waals surface area contributed by atoms with Crippen LogP contribution >= 0.6 is 0 Å². The quantitative estimate of drug-likeness (QED) is 0.427. The first-order valence-corrected chi connectivity index (χ1v) is 5.07. The summed E-state index contributed by atoms with van der Waals surface area (Å²) in [5.41, 5.74) is -2.02. The normalized spacial score (nSPS) is 13.4. The van der Waals surface area contributed by atoms with Gasteiger partial charge in [-0.25, -0.2) is 8.42 Å². The van der Waals surface area contributed by atoms with E-state index in [0.717, 1.165) is 6.20 Å². The molecular weight excluding hydrogens is 219 g/mol. The van der Waals surface area contributed by atoms with Crippen molar-refractivity contribution in [2.45, 2.75) is 18.9 Å². The van der Waals surface area contributed by atoms with Crippen molar-refractivity contribution in [3.05, 3.63) is 18.0 Å². The Hall–Kier alpha value is 0.0800. The van der Waals surface area contributed by atoms with Crippen LogP contribution < -0.4 is 29.6 Å². The van der Waals surface area contributed by atoms with Crippen LogP contribution in [0.25, 0.3) is 0 Å². The van der Waals surface area contributed by atoms with Crippen molar-refractivity contribution in [1.29, 1.82) is 0 Å². The molecule has 14 heavy (non-hydrogen) atoms. The van der Waals surface area contributed by atoms with Crippen LogP contribution in [0.4, 0.5) is 0 Å². The summed E-state index contributed by atoms with van der Waals surface area (Å²) in [4.78, 5) is 0. The fraction of sp³-hybridized carbons (Fsp3) is 0.500. The minimum Gasteiger partial charge on any atom is -0.746 e. The SMILES string of the molecule is CCn1cc(C(O)S(=O)(=O)[O-])cn1.[Na+]. The molecule has 1 N–H and O–H groups in total. The first kappa shape index (κ1) is 14.1. The van der Waals surface area contributed by atoms with E-state index in [-0.39, 0.29) is 35.1 Å². The molecule has 1 rings (SSSR count). The third kappa shape index (κ3) is 3.34. The summed E-state index contributed by atoms with van der Waals surface area (Å²) in [6.45, 7) is 2.35. The van der Waals surface area contributed by atoms with Crippen molar-refractivity contribution in [3.8, 4) is 0 Å². The Bertz CT molecular complexity index is 388. The molecule has 0 radical (unpaired) electrons. The van der Waals surface area contributed by atoms with Gasteiger partial charge in [0, 0.05) is 18.3 Å². The number of aromatic nitrogens is 2. The number of hydrogen-bond acceptors (Lipinski definition) is 5. The van der Waals surface area contributed by atoms with Gasteiger partial charge in [0.05, 0.1) is 6.20 Å². The van der Waals surface area contributed by atoms with E-state index in [1.807, 2.05) is 0 Å². The van der Waals surface area contributed by atoms with Gasteiger partial charge in [-0.05, 0) is 6.92 Å². The van der Waals surface area contributed by atoms with Gasteiger partial charge in [0.15, 0.2) is 5.44 Å². The van der Waals surface area contributed by atoms with Crippen LogP contribution in [0.2, 0.25) is 0 Å². The summed E-state index contributed by atoms with van der Waals surface area (Å²) in [6.07, 6.45) is 2.48. The minimum absolute atomic E-state index is 0. The van der Waals surface area contributed by atoms with Crippen LogP contribution in [0.5, 0.6) is 0 Å². The standard InChI is InChI=1S/C6H10N2O4S.Na/c1-2-8-4-5(3-7-8)6(9)13(10,11)12;/h3-4,6,9H,2H2,1H3,(H,10,11,12);/q;+1/p-1. The van der Waals surface area contributed by atoms with Gasteiger partial charge in [0.1, 0.15) is 10.1 Å². The Balaban J connectivity index is 0.00000169. The molecule has 0 aromatic carbocycles. The van der Waals surface area contributed by atoms with Crippen molar-refractivity contribution in [2.75, 3.05) is 0 Å². The fourth-order valence-corrected chi connectivity index (χ4v) is 1.30. The monoisotopic (exact) mass is 228 g/mol. The van der Waals surface area contributed by atoms with E-state index in [1.54, 1.807) is 6.92 Å². The molecule has 0 saturated heterocycles. The summed E-state index contributed by atoms with van der Waals surface area (Å²) in [5, 5.41) is 12.7. The Morgan fingerprint density at radius 2 is 2.29 bits per heavy atom. The van der Waals surface area contributed by atoms with Crippen molar-refractivity contribution in [1.82, 2.24) is 9.78 Å². The molecule has 1 aromatic rings. The predicted molar refractivity (Wildman–Crippen MR) is 42.6 cm³/mol. The Labute approximate surface area is 104 Å². The molecule has 0 spiro atoms. The van der Waals surface area contributed by atoms with Gasteiger partial charge in [0.2, 0.25) is 0 Å². The van der Waals surface area contributed by atoms with Gasteiger partial charge in [-0.15, -0.1) is 0 Å². The van der Waals surface area contributed by atoms with E-state index < -0.39 is 15.6 Å². The van der Waals surface area contributed by atoms with Crippen molar-refractivity contribution >= 4 is 10.1 Å². The van der Waals surface area contributed by atoms with Crippen LogP contribution in [0.1, 0.15) is 17.9 Å². The predicted octanol–water partition coefficient (Wildman–Crippen LogP) is -3.56. The zero-order chi connectivity index (χ0) is 10.1. The van der Waals surface area contributed by atoms with E-state index in [0.29, 0.717) is 6.54 Å². The van der Waals surface area contributed by atoms with Gasteiger partial charge < -0.3 is 9.66 Å². The summed E-state index contributed by atoms with van der Waals surface area (Å²) in [5.74, 6) is 0. The second kappa shape index (κ2) is 5.24. The summed E-state index contributed by atoms with van der Waals surface area (Å²) >= 11 is 0. The average Bonchev–Trinajstić information content (AvgIpc) is 2.48. The van der Waals surface area contributed by atoms with Crippen molar-refractivity contribution in [2.24, 2.45) is 0 Å². The maximum absolute atomic E-state index is 10.4. The summed E-state index contributed by atoms with van der Waals surface area (Å²) < 4.78 is 32.6. The average molecular weight is 228 g/mol. The largest absolute Gasteiger partial charge is 1.00 e. The van der Waals surface area contributed by atoms with Crippen LogP contribution in [-0.2, 0) is 16.7 Å². The molecule has 0 amide bonds. The van der Waals surface area contributed by atoms with Gasteiger partial charge in [0.25, 0.3) is 0 Å². The topological polar surface area (TPSA) is 95.2 Å². The second-order valence-electron chi connectivity index (χ2n) is 2.47. The number of hydrogen-bond donors (Lipinski definition) is 1. The first-order valence-electron chi connectivity index (χ1n) is 3.60. The maximum Gasteiger partial charge on any atom is 1.00 e. The molecule has 1 aromatic heterocycles. The molecule has 0 aliphatic carbocycles. The smallest absolute Gasteiger partial charge is 0.746 e. The Morgan fingerprint density at radius 3 is 2.64 bits per heavy atom. The molecule has 8 heteroatoms. The van der Waals surface area contributed by atoms with E-state index in [2.05, 4.69) is 5.10 Å². The fourth-order valence-electron chi connectivity index (χ4n) is 0.847. The minimum atomic E-state index is -4.70. The number of rotatable bonds is 3. The van der Waals surface area contributed by atoms with Gasteiger partial charge in [-0.2, -0.15) is 5.10 Å². The summed E-state index contributed by atoms with van der Waals surface area (Å²) in [6, 6.07) is 0. The molecule has 0 fully saturated rings. The number of aliphatic hydroxyl groups is 1. The van der Waals surface area contributed by atoms with Crippen molar-refractivity contribution in [3.63, 3.8) is 0 Å². The third-order valence-electron chi connectivity index (χ3n) is 1.54.